The molecule has 0 fully saturated rings. The predicted molar refractivity (Wildman–Crippen MR) is 175 cm³/mol. The van der Waals surface area contributed by atoms with Gasteiger partial charge < -0.3 is 18.9 Å². The minimum Gasteiger partial charge on any atom is -0.486 e. The third kappa shape index (κ3) is 4.42. The summed E-state index contributed by atoms with van der Waals surface area (Å²) in [7, 11) is 0. The SMILES string of the molecule is C=Cc1c(C2(c3c(C)n(CC)c4ccccc34)OC(=O)c3ccccc32)ccc(N(CC)CC)c1OCc1ccccc1. The lowest BCUT2D eigenvalue weighted by Gasteiger charge is -2.34. The van der Waals surface area contributed by atoms with Crippen LogP contribution in [0.1, 0.15) is 64.6 Å². The number of fused-ring (bicyclic) bond motifs is 2. The second-order valence-corrected chi connectivity index (χ2v) is 10.9. The largest absolute Gasteiger partial charge is 0.486 e. The lowest BCUT2D eigenvalue weighted by atomic mass is 9.76. The van der Waals surface area contributed by atoms with E-state index >= 15 is 0 Å². The van der Waals surface area contributed by atoms with E-state index in [-0.39, 0.29) is 5.97 Å². The lowest BCUT2D eigenvalue weighted by molar-refractivity contribution is 0.0252. The van der Waals surface area contributed by atoms with Gasteiger partial charge in [0.1, 0.15) is 6.61 Å². The van der Waals surface area contributed by atoms with Crippen LogP contribution in [-0.2, 0) is 23.5 Å². The van der Waals surface area contributed by atoms with Crippen molar-refractivity contribution in [1.82, 2.24) is 4.57 Å². The standard InChI is InChI=1S/C38H38N2O3/c1-6-28-32(23-24-34(39(7-2)8-3)36(28)42-25-27-17-11-10-12-18-27)38(31-21-15-13-19-29(31)37(41)43-38)35-26(5)40(9-4)33-22-16-14-20-30(33)35/h6,10-24H,1,7-9,25H2,2-5H3. The molecular weight excluding hydrogens is 532 g/mol. The Balaban J connectivity index is 1.70. The number of nitrogens with zero attached hydrogens (tertiary/aromatic N) is 2. The first-order valence-corrected chi connectivity index (χ1v) is 15.1. The van der Waals surface area contributed by atoms with Gasteiger partial charge in [0.15, 0.2) is 11.4 Å². The van der Waals surface area contributed by atoms with Gasteiger partial charge in [-0.15, -0.1) is 0 Å². The van der Waals surface area contributed by atoms with Gasteiger partial charge in [-0.1, -0.05) is 85.5 Å². The molecular formula is C38H38N2O3. The van der Waals surface area contributed by atoms with E-state index in [1.807, 2.05) is 54.6 Å². The van der Waals surface area contributed by atoms with Gasteiger partial charge in [0, 0.05) is 58.5 Å². The number of cyclic esters (lactones) is 1. The van der Waals surface area contributed by atoms with Crippen molar-refractivity contribution in [3.05, 3.63) is 137 Å². The molecule has 0 saturated carbocycles. The Morgan fingerprint density at radius 1 is 0.884 bits per heavy atom. The Morgan fingerprint density at radius 3 is 2.30 bits per heavy atom. The summed E-state index contributed by atoms with van der Waals surface area (Å²) in [6.07, 6.45) is 1.85. The molecule has 0 bridgehead atoms. The van der Waals surface area contributed by atoms with Crippen molar-refractivity contribution in [2.24, 2.45) is 0 Å². The van der Waals surface area contributed by atoms with Crippen molar-refractivity contribution in [2.75, 3.05) is 18.0 Å². The Morgan fingerprint density at radius 2 is 1.58 bits per heavy atom. The smallest absolute Gasteiger partial charge is 0.340 e. The molecule has 0 radical (unpaired) electrons. The minimum atomic E-state index is -1.20. The molecule has 2 heterocycles. The van der Waals surface area contributed by atoms with E-state index < -0.39 is 5.60 Å². The van der Waals surface area contributed by atoms with Gasteiger partial charge in [0.2, 0.25) is 0 Å². The molecule has 1 aliphatic rings. The van der Waals surface area contributed by atoms with E-state index in [0.29, 0.717) is 12.2 Å². The average molecular weight is 571 g/mol. The number of carbonyl (C=O) groups excluding carboxylic acids is 1. The van der Waals surface area contributed by atoms with Crippen LogP contribution in [0.4, 0.5) is 5.69 Å². The highest BCUT2D eigenvalue weighted by Crippen LogP contribution is 2.54. The summed E-state index contributed by atoms with van der Waals surface area (Å²) in [5.74, 6) is 0.398. The summed E-state index contributed by atoms with van der Waals surface area (Å²) in [5.41, 5.74) is 7.05. The van der Waals surface area contributed by atoms with Crippen molar-refractivity contribution in [1.29, 1.82) is 0 Å². The van der Waals surface area contributed by atoms with Gasteiger partial charge in [0.25, 0.3) is 0 Å². The number of benzene rings is 4. The third-order valence-corrected chi connectivity index (χ3v) is 8.76. The van der Waals surface area contributed by atoms with E-state index in [4.69, 9.17) is 9.47 Å². The molecule has 43 heavy (non-hydrogen) atoms. The maximum Gasteiger partial charge on any atom is 0.340 e. The normalized spacial score (nSPS) is 15.8. The van der Waals surface area contributed by atoms with E-state index in [0.717, 1.165) is 75.5 Å². The van der Waals surface area contributed by atoms with Crippen LogP contribution >= 0.6 is 0 Å². The molecule has 0 aliphatic carbocycles. The van der Waals surface area contributed by atoms with Crippen LogP contribution in [0, 0.1) is 6.92 Å². The van der Waals surface area contributed by atoms with E-state index in [1.165, 1.54) is 0 Å². The van der Waals surface area contributed by atoms with E-state index in [2.05, 4.69) is 86.2 Å². The van der Waals surface area contributed by atoms with Crippen molar-refractivity contribution in [3.8, 4) is 5.75 Å². The van der Waals surface area contributed by atoms with E-state index in [1.54, 1.807) is 0 Å². The zero-order valence-corrected chi connectivity index (χ0v) is 25.4. The quantitative estimate of drug-likeness (QED) is 0.158. The summed E-state index contributed by atoms with van der Waals surface area (Å²) < 4.78 is 15.7. The Labute approximate surface area is 254 Å². The third-order valence-electron chi connectivity index (χ3n) is 8.76. The minimum absolute atomic E-state index is 0.335. The topological polar surface area (TPSA) is 43.7 Å². The van der Waals surface area contributed by atoms with Crippen molar-refractivity contribution in [3.63, 3.8) is 0 Å². The molecule has 0 saturated heterocycles. The van der Waals surface area contributed by atoms with Gasteiger partial charge in [-0.3, -0.25) is 0 Å². The Bertz CT molecular complexity index is 1820. The highest BCUT2D eigenvalue weighted by Gasteiger charge is 2.52. The van der Waals surface area contributed by atoms with Crippen molar-refractivity contribution in [2.45, 2.75) is 46.4 Å². The second-order valence-electron chi connectivity index (χ2n) is 10.9. The molecule has 5 aromatic rings. The summed E-state index contributed by atoms with van der Waals surface area (Å²) >= 11 is 0. The zero-order valence-electron chi connectivity index (χ0n) is 25.4. The Kier molecular flexibility index (Phi) is 7.57. The van der Waals surface area contributed by atoms with Crippen LogP contribution in [0.15, 0.2) is 97.6 Å². The molecule has 1 aromatic heterocycles. The van der Waals surface area contributed by atoms with Crippen LogP contribution in [0.3, 0.4) is 0 Å². The van der Waals surface area contributed by atoms with Gasteiger partial charge in [-0.2, -0.15) is 0 Å². The summed E-state index contributed by atoms with van der Waals surface area (Å²) in [5, 5.41) is 1.06. The summed E-state index contributed by atoms with van der Waals surface area (Å²) in [6.45, 7) is 15.7. The number of para-hydroxylation sites is 1. The van der Waals surface area contributed by atoms with Crippen LogP contribution < -0.4 is 9.64 Å². The number of rotatable bonds is 10. The van der Waals surface area contributed by atoms with Crippen LogP contribution in [0.5, 0.6) is 5.75 Å². The first kappa shape index (κ1) is 28.4. The van der Waals surface area contributed by atoms with Crippen LogP contribution in [0.2, 0.25) is 0 Å². The lowest BCUT2D eigenvalue weighted by Crippen LogP contribution is -2.32. The average Bonchev–Trinajstić information content (AvgIpc) is 3.51. The number of esters is 1. The maximum atomic E-state index is 13.7. The number of hydrogen-bond acceptors (Lipinski definition) is 4. The fourth-order valence-electron chi connectivity index (χ4n) is 6.81. The van der Waals surface area contributed by atoms with Crippen molar-refractivity contribution < 1.29 is 14.3 Å². The highest BCUT2D eigenvalue weighted by atomic mass is 16.6. The number of anilines is 1. The first-order valence-electron chi connectivity index (χ1n) is 15.1. The molecule has 4 aromatic carbocycles. The molecule has 1 atom stereocenters. The summed E-state index contributed by atoms with van der Waals surface area (Å²) in [6, 6.07) is 30.5. The molecule has 218 valence electrons. The van der Waals surface area contributed by atoms with Crippen LogP contribution in [-0.4, -0.2) is 23.6 Å². The molecule has 5 heteroatoms. The first-order chi connectivity index (χ1) is 21.0. The van der Waals surface area contributed by atoms with Gasteiger partial charge in [-0.25, -0.2) is 4.79 Å². The molecule has 1 aliphatic heterocycles. The number of carbonyl (C=O) groups is 1. The fraction of sp³-hybridized carbons (Fsp3) is 0.237. The molecule has 6 rings (SSSR count). The molecule has 0 amide bonds. The molecule has 5 nitrogen and oxygen atoms in total. The van der Waals surface area contributed by atoms with Crippen molar-refractivity contribution >= 4 is 28.6 Å². The number of ether oxygens (including phenoxy) is 2. The highest BCUT2D eigenvalue weighted by molar-refractivity contribution is 5.99. The molecule has 0 N–H and O–H groups in total. The number of aromatic nitrogens is 1. The second kappa shape index (κ2) is 11.5. The fourth-order valence-corrected chi connectivity index (χ4v) is 6.81. The predicted octanol–water partition coefficient (Wildman–Crippen LogP) is 8.50. The summed E-state index contributed by atoms with van der Waals surface area (Å²) in [4.78, 5) is 16.0. The van der Waals surface area contributed by atoms with Gasteiger partial charge in [-0.05, 0) is 51.5 Å². The number of hydrogen-bond donors (Lipinski definition) is 0. The van der Waals surface area contributed by atoms with Crippen LogP contribution in [0.25, 0.3) is 17.0 Å². The van der Waals surface area contributed by atoms with E-state index in [9.17, 15) is 4.79 Å². The molecule has 1 unspecified atom stereocenters. The zero-order chi connectivity index (χ0) is 30.1. The van der Waals surface area contributed by atoms with Gasteiger partial charge >= 0.3 is 5.97 Å². The monoisotopic (exact) mass is 570 g/mol. The van der Waals surface area contributed by atoms with Gasteiger partial charge in [0.05, 0.1) is 11.3 Å². The maximum absolute atomic E-state index is 13.7. The molecule has 0 spiro atoms. The number of aryl methyl sites for hydroxylation is 1. The Hall–Kier alpha value is -4.77.